The average Bonchev–Trinajstić information content (AvgIpc) is 2.28. The molecule has 0 saturated heterocycles. The summed E-state index contributed by atoms with van der Waals surface area (Å²) < 4.78 is 0. The first-order chi connectivity index (χ1) is 8.13. The van der Waals surface area contributed by atoms with E-state index in [1.54, 1.807) is 12.4 Å². The summed E-state index contributed by atoms with van der Waals surface area (Å²) in [7, 11) is 0. The van der Waals surface area contributed by atoms with Gasteiger partial charge >= 0.3 is 6.03 Å². The van der Waals surface area contributed by atoms with Crippen LogP contribution in [0.2, 0.25) is 0 Å². The van der Waals surface area contributed by atoms with E-state index in [4.69, 9.17) is 11.6 Å². The Labute approximate surface area is 105 Å². The molecule has 2 N–H and O–H groups in total. The fraction of sp³-hybridized carbons (Fsp3) is 0.364. The smallest absolute Gasteiger partial charge is 0.321 e. The van der Waals surface area contributed by atoms with Gasteiger partial charge in [-0.1, -0.05) is 0 Å². The van der Waals surface area contributed by atoms with E-state index >= 15 is 0 Å². The van der Waals surface area contributed by atoms with Crippen molar-refractivity contribution < 1.29 is 9.59 Å². The predicted molar refractivity (Wildman–Crippen MR) is 64.7 cm³/mol. The number of hydrogen-bond donors (Lipinski definition) is 2. The van der Waals surface area contributed by atoms with Crippen molar-refractivity contribution in [2.45, 2.75) is 19.9 Å². The van der Waals surface area contributed by atoms with E-state index in [2.05, 4.69) is 15.6 Å². The first-order valence-corrected chi connectivity index (χ1v) is 5.70. The molecule has 0 spiro atoms. The normalized spacial score (nSPS) is 9.76. The highest BCUT2D eigenvalue weighted by Gasteiger charge is 2.06. The molecule has 1 rings (SSSR count). The summed E-state index contributed by atoms with van der Waals surface area (Å²) in [6.45, 7) is 2.26. The molecule has 0 aromatic carbocycles. The molecule has 92 valence electrons. The van der Waals surface area contributed by atoms with Crippen LogP contribution in [0.4, 0.5) is 4.79 Å². The molecular formula is C11H14ClN3O2. The fourth-order valence-corrected chi connectivity index (χ4v) is 1.35. The Hall–Kier alpha value is -1.62. The van der Waals surface area contributed by atoms with E-state index in [1.165, 1.54) is 0 Å². The lowest BCUT2D eigenvalue weighted by molar-refractivity contribution is -0.119. The lowest BCUT2D eigenvalue weighted by Gasteiger charge is -2.07. The number of pyridine rings is 1. The quantitative estimate of drug-likeness (QED) is 0.798. The number of alkyl halides is 1. The molecule has 5 nitrogen and oxygen atoms in total. The SMILES string of the molecule is Cc1ccncc1CNC(=O)NC(=O)CCCl. The summed E-state index contributed by atoms with van der Waals surface area (Å²) >= 11 is 5.37. The molecule has 0 unspecified atom stereocenters. The Bertz CT molecular complexity index is 409. The largest absolute Gasteiger partial charge is 0.334 e. The highest BCUT2D eigenvalue weighted by atomic mass is 35.5. The van der Waals surface area contributed by atoms with Gasteiger partial charge in [-0.2, -0.15) is 0 Å². The number of amides is 3. The van der Waals surface area contributed by atoms with Gasteiger partial charge in [0.1, 0.15) is 0 Å². The van der Waals surface area contributed by atoms with Crippen LogP contribution in [-0.4, -0.2) is 22.8 Å². The molecule has 0 fully saturated rings. The van der Waals surface area contributed by atoms with Gasteiger partial charge in [0.05, 0.1) is 0 Å². The van der Waals surface area contributed by atoms with Crippen LogP contribution in [-0.2, 0) is 11.3 Å². The number of nitrogens with zero attached hydrogens (tertiary/aromatic N) is 1. The number of hydrogen-bond acceptors (Lipinski definition) is 3. The van der Waals surface area contributed by atoms with Crippen molar-refractivity contribution in [2.24, 2.45) is 0 Å². The van der Waals surface area contributed by atoms with Crippen molar-refractivity contribution in [1.82, 2.24) is 15.6 Å². The van der Waals surface area contributed by atoms with Gasteiger partial charge < -0.3 is 5.32 Å². The van der Waals surface area contributed by atoms with Crippen LogP contribution in [0.15, 0.2) is 18.5 Å². The number of rotatable bonds is 4. The lowest BCUT2D eigenvalue weighted by Crippen LogP contribution is -2.39. The maximum atomic E-state index is 11.3. The maximum absolute atomic E-state index is 11.3. The number of aryl methyl sites for hydroxylation is 1. The van der Waals surface area contributed by atoms with E-state index in [9.17, 15) is 9.59 Å². The molecule has 0 radical (unpaired) electrons. The second-order valence-electron chi connectivity index (χ2n) is 3.47. The third-order valence-corrected chi connectivity index (χ3v) is 2.35. The van der Waals surface area contributed by atoms with Gasteiger partial charge in [0.25, 0.3) is 0 Å². The zero-order chi connectivity index (χ0) is 12.7. The Balaban J connectivity index is 2.38. The van der Waals surface area contributed by atoms with Crippen LogP contribution in [0.25, 0.3) is 0 Å². The summed E-state index contributed by atoms with van der Waals surface area (Å²) in [4.78, 5) is 26.3. The van der Waals surface area contributed by atoms with Crippen molar-refractivity contribution in [1.29, 1.82) is 0 Å². The minimum Gasteiger partial charge on any atom is -0.334 e. The van der Waals surface area contributed by atoms with Gasteiger partial charge in [-0.05, 0) is 24.1 Å². The molecule has 1 aromatic rings. The van der Waals surface area contributed by atoms with E-state index < -0.39 is 6.03 Å². The van der Waals surface area contributed by atoms with E-state index in [1.807, 2.05) is 13.0 Å². The monoisotopic (exact) mass is 255 g/mol. The number of urea groups is 1. The zero-order valence-corrected chi connectivity index (χ0v) is 10.3. The summed E-state index contributed by atoms with van der Waals surface area (Å²) in [5, 5.41) is 4.75. The lowest BCUT2D eigenvalue weighted by atomic mass is 10.2. The van der Waals surface area contributed by atoms with Crippen LogP contribution < -0.4 is 10.6 Å². The molecule has 0 aliphatic rings. The summed E-state index contributed by atoms with van der Waals surface area (Å²) in [5.74, 6) is -0.193. The van der Waals surface area contributed by atoms with E-state index in [0.29, 0.717) is 6.54 Å². The zero-order valence-electron chi connectivity index (χ0n) is 9.50. The van der Waals surface area contributed by atoms with Crippen molar-refractivity contribution in [3.05, 3.63) is 29.6 Å². The second-order valence-corrected chi connectivity index (χ2v) is 3.85. The molecule has 0 aliphatic carbocycles. The molecule has 0 atom stereocenters. The highest BCUT2D eigenvalue weighted by molar-refractivity contribution is 6.19. The molecule has 0 aliphatic heterocycles. The van der Waals surface area contributed by atoms with Gasteiger partial charge in [-0.15, -0.1) is 11.6 Å². The van der Waals surface area contributed by atoms with Crippen LogP contribution in [0, 0.1) is 6.92 Å². The molecule has 0 bridgehead atoms. The third-order valence-electron chi connectivity index (χ3n) is 2.16. The summed E-state index contributed by atoms with van der Waals surface area (Å²) in [6.07, 6.45) is 3.49. The van der Waals surface area contributed by atoms with Crippen molar-refractivity contribution in [3.63, 3.8) is 0 Å². The number of carbonyl (C=O) groups is 2. The average molecular weight is 256 g/mol. The van der Waals surface area contributed by atoms with Crippen molar-refractivity contribution in [3.8, 4) is 0 Å². The molecule has 0 saturated carbocycles. The van der Waals surface area contributed by atoms with Crippen LogP contribution >= 0.6 is 11.6 Å². The Morgan fingerprint density at radius 1 is 1.47 bits per heavy atom. The van der Waals surface area contributed by atoms with Crippen LogP contribution in [0.3, 0.4) is 0 Å². The highest BCUT2D eigenvalue weighted by Crippen LogP contribution is 2.03. The standard InChI is InChI=1S/C11H14ClN3O2/c1-8-3-5-13-6-9(8)7-14-11(17)15-10(16)2-4-12/h3,5-6H,2,4,7H2,1H3,(H2,14,15,16,17). The molecule has 3 amide bonds. The third kappa shape index (κ3) is 4.82. The Morgan fingerprint density at radius 3 is 2.88 bits per heavy atom. The Morgan fingerprint density at radius 2 is 2.24 bits per heavy atom. The molecule has 17 heavy (non-hydrogen) atoms. The Kier molecular flexibility index (Phi) is 5.42. The first kappa shape index (κ1) is 13.4. The number of carbonyl (C=O) groups excluding carboxylic acids is 2. The number of aromatic nitrogens is 1. The molecular weight excluding hydrogens is 242 g/mol. The van der Waals surface area contributed by atoms with Crippen LogP contribution in [0.1, 0.15) is 17.5 Å². The summed E-state index contributed by atoms with van der Waals surface area (Å²) in [6, 6.07) is 1.33. The van der Waals surface area contributed by atoms with Crippen molar-refractivity contribution >= 4 is 23.5 Å². The second kappa shape index (κ2) is 6.85. The van der Waals surface area contributed by atoms with Gasteiger partial charge in [-0.3, -0.25) is 15.1 Å². The van der Waals surface area contributed by atoms with Gasteiger partial charge in [0.15, 0.2) is 0 Å². The topological polar surface area (TPSA) is 71.1 Å². The maximum Gasteiger partial charge on any atom is 0.321 e. The van der Waals surface area contributed by atoms with E-state index in [-0.39, 0.29) is 18.2 Å². The van der Waals surface area contributed by atoms with Gasteiger partial charge in [0, 0.05) is 31.2 Å². The molecule has 6 heteroatoms. The van der Waals surface area contributed by atoms with Gasteiger partial charge in [-0.25, -0.2) is 4.79 Å². The first-order valence-electron chi connectivity index (χ1n) is 5.16. The van der Waals surface area contributed by atoms with Crippen molar-refractivity contribution in [2.75, 3.05) is 5.88 Å². The molecule has 1 heterocycles. The number of nitrogens with one attached hydrogen (secondary N) is 2. The number of imide groups is 1. The number of halogens is 1. The minimum atomic E-state index is -0.525. The predicted octanol–water partition coefficient (Wildman–Crippen LogP) is 1.34. The minimum absolute atomic E-state index is 0.126. The fourth-order valence-electron chi connectivity index (χ4n) is 1.18. The van der Waals surface area contributed by atoms with E-state index in [0.717, 1.165) is 11.1 Å². The van der Waals surface area contributed by atoms with Gasteiger partial charge in [0.2, 0.25) is 5.91 Å². The molecule has 1 aromatic heterocycles. The van der Waals surface area contributed by atoms with Crippen LogP contribution in [0.5, 0.6) is 0 Å². The summed E-state index contributed by atoms with van der Waals surface area (Å²) in [5.41, 5.74) is 1.94.